The van der Waals surface area contributed by atoms with Crippen molar-refractivity contribution in [1.29, 1.82) is 0 Å². The molecule has 0 atom stereocenters. The van der Waals surface area contributed by atoms with Crippen LogP contribution in [0.3, 0.4) is 0 Å². The van der Waals surface area contributed by atoms with E-state index in [4.69, 9.17) is 11.6 Å². The summed E-state index contributed by atoms with van der Waals surface area (Å²) in [5.74, 6) is 0. The third kappa shape index (κ3) is 7.22. The molecule has 180 valence electrons. The summed E-state index contributed by atoms with van der Waals surface area (Å²) in [7, 11) is 2.14. The van der Waals surface area contributed by atoms with Gasteiger partial charge in [-0.15, -0.1) is 0 Å². The van der Waals surface area contributed by atoms with Crippen LogP contribution in [0.2, 0.25) is 5.02 Å². The molecule has 1 heterocycles. The third-order valence-electron chi connectivity index (χ3n) is 6.96. The molecule has 0 unspecified atom stereocenters. The van der Waals surface area contributed by atoms with Crippen molar-refractivity contribution >= 4 is 29.3 Å². The highest BCUT2D eigenvalue weighted by Crippen LogP contribution is 2.27. The van der Waals surface area contributed by atoms with Crippen molar-refractivity contribution in [2.75, 3.05) is 56.1 Å². The topological polar surface area (TPSA) is 26.8 Å². The van der Waals surface area contributed by atoms with Gasteiger partial charge in [0.05, 0.1) is 0 Å². The van der Waals surface area contributed by atoms with Crippen LogP contribution in [-0.4, -0.2) is 57.5 Å². The van der Waals surface area contributed by atoms with Gasteiger partial charge in [0.2, 0.25) is 0 Å². The molecule has 5 heteroatoms. The van der Waals surface area contributed by atoms with Crippen molar-refractivity contribution in [2.24, 2.45) is 0 Å². The molecule has 2 aromatic rings. The van der Waals surface area contributed by atoms with E-state index in [0.29, 0.717) is 6.42 Å². The molecule has 1 aliphatic rings. The zero-order chi connectivity index (χ0) is 23.6. The quantitative estimate of drug-likeness (QED) is 0.291. The van der Waals surface area contributed by atoms with Gasteiger partial charge in [-0.2, -0.15) is 0 Å². The number of carbonyl (C=O) groups excluding carboxylic acids is 1. The molecule has 1 fully saturated rings. The monoisotopic (exact) mass is 469 g/mol. The highest BCUT2D eigenvalue weighted by molar-refractivity contribution is 6.31. The molecule has 0 radical (unpaired) electrons. The minimum atomic E-state index is 0.594. The maximum absolute atomic E-state index is 10.8. The van der Waals surface area contributed by atoms with Crippen molar-refractivity contribution in [2.45, 2.75) is 52.4 Å². The van der Waals surface area contributed by atoms with Gasteiger partial charge < -0.3 is 14.6 Å². The standard InChI is InChI=1S/C28H40ClN3O/c1-4-30(3)28-22-24(14-15-25(28)11-9-21-33)10-6-5-7-16-31-17-19-32(20-18-31)27-13-8-12-26(29)23(27)2/h8,12-15,21-22H,4-7,9-11,16-20H2,1-3H3. The van der Waals surface area contributed by atoms with E-state index in [2.05, 4.69) is 65.9 Å². The number of benzene rings is 2. The Bertz CT molecular complexity index is 893. The van der Waals surface area contributed by atoms with Crippen LogP contribution in [0.1, 0.15) is 49.3 Å². The second kappa shape index (κ2) is 13.0. The van der Waals surface area contributed by atoms with E-state index in [0.717, 1.165) is 56.9 Å². The fraction of sp³-hybridized carbons (Fsp3) is 0.536. The minimum absolute atomic E-state index is 0.594. The number of halogens is 1. The van der Waals surface area contributed by atoms with Gasteiger partial charge in [-0.3, -0.25) is 4.90 Å². The van der Waals surface area contributed by atoms with Crippen LogP contribution in [0, 0.1) is 6.92 Å². The zero-order valence-corrected chi connectivity index (χ0v) is 21.4. The Morgan fingerprint density at radius 3 is 2.55 bits per heavy atom. The van der Waals surface area contributed by atoms with E-state index in [1.54, 1.807) is 0 Å². The van der Waals surface area contributed by atoms with Crippen LogP contribution in [0.15, 0.2) is 36.4 Å². The SMILES string of the molecule is CCN(C)c1cc(CCCCCN2CCN(c3cccc(Cl)c3C)CC2)ccc1CCC=O. The van der Waals surface area contributed by atoms with E-state index in [1.807, 2.05) is 6.07 Å². The smallest absolute Gasteiger partial charge is 0.120 e. The molecule has 1 saturated heterocycles. The number of rotatable bonds is 12. The van der Waals surface area contributed by atoms with Gasteiger partial charge in [-0.1, -0.05) is 36.2 Å². The highest BCUT2D eigenvalue weighted by atomic mass is 35.5. The number of hydrogen-bond donors (Lipinski definition) is 0. The second-order valence-electron chi connectivity index (χ2n) is 9.21. The van der Waals surface area contributed by atoms with Gasteiger partial charge in [0.15, 0.2) is 0 Å². The van der Waals surface area contributed by atoms with Crippen LogP contribution in [0.4, 0.5) is 11.4 Å². The van der Waals surface area contributed by atoms with Gasteiger partial charge in [-0.05, 0) is 81.0 Å². The lowest BCUT2D eigenvalue weighted by Gasteiger charge is -2.37. The molecular weight excluding hydrogens is 430 g/mol. The maximum atomic E-state index is 10.8. The van der Waals surface area contributed by atoms with Gasteiger partial charge in [0, 0.05) is 62.6 Å². The Morgan fingerprint density at radius 2 is 1.82 bits per heavy atom. The number of hydrogen-bond acceptors (Lipinski definition) is 4. The molecule has 0 bridgehead atoms. The number of carbonyl (C=O) groups is 1. The van der Waals surface area contributed by atoms with Gasteiger partial charge in [0.1, 0.15) is 6.29 Å². The number of aldehydes is 1. The lowest BCUT2D eigenvalue weighted by atomic mass is 10.0. The van der Waals surface area contributed by atoms with Crippen LogP contribution < -0.4 is 9.80 Å². The summed E-state index contributed by atoms with van der Waals surface area (Å²) < 4.78 is 0. The number of aryl methyl sites for hydroxylation is 2. The van der Waals surface area contributed by atoms with Gasteiger partial charge in [-0.25, -0.2) is 0 Å². The van der Waals surface area contributed by atoms with E-state index in [1.165, 1.54) is 53.9 Å². The number of piperazine rings is 1. The van der Waals surface area contributed by atoms with Crippen molar-refractivity contribution in [3.63, 3.8) is 0 Å². The average molecular weight is 470 g/mol. The maximum Gasteiger partial charge on any atom is 0.120 e. The summed E-state index contributed by atoms with van der Waals surface area (Å²) in [5.41, 5.74) is 6.45. The second-order valence-corrected chi connectivity index (χ2v) is 9.61. The molecule has 0 aromatic heterocycles. The Labute approximate surface area is 205 Å². The van der Waals surface area contributed by atoms with Crippen molar-refractivity contribution in [1.82, 2.24) is 4.90 Å². The summed E-state index contributed by atoms with van der Waals surface area (Å²) in [6.45, 7) is 10.9. The zero-order valence-electron chi connectivity index (χ0n) is 20.7. The molecule has 2 aromatic carbocycles. The normalized spacial score (nSPS) is 14.5. The predicted molar refractivity (Wildman–Crippen MR) is 142 cm³/mol. The molecule has 1 aliphatic heterocycles. The Hall–Kier alpha value is -2.04. The Kier molecular flexibility index (Phi) is 10.1. The minimum Gasteiger partial charge on any atom is -0.375 e. The number of anilines is 2. The summed E-state index contributed by atoms with van der Waals surface area (Å²) in [6.07, 6.45) is 7.31. The molecule has 0 N–H and O–H groups in total. The van der Waals surface area contributed by atoms with Crippen molar-refractivity contribution < 1.29 is 4.79 Å². The molecule has 0 aliphatic carbocycles. The number of unbranched alkanes of at least 4 members (excludes halogenated alkanes) is 2. The van der Waals surface area contributed by atoms with Crippen molar-refractivity contribution in [3.05, 3.63) is 58.1 Å². The molecular formula is C28H40ClN3O. The fourth-order valence-electron chi connectivity index (χ4n) is 4.71. The molecule has 33 heavy (non-hydrogen) atoms. The average Bonchev–Trinajstić information content (AvgIpc) is 2.84. The largest absolute Gasteiger partial charge is 0.375 e. The molecule has 0 spiro atoms. The van der Waals surface area contributed by atoms with Crippen molar-refractivity contribution in [3.8, 4) is 0 Å². The predicted octanol–water partition coefficient (Wildman–Crippen LogP) is 5.77. The summed E-state index contributed by atoms with van der Waals surface area (Å²) in [4.78, 5) is 18.2. The summed E-state index contributed by atoms with van der Waals surface area (Å²) in [5, 5.41) is 0.860. The first-order chi connectivity index (χ1) is 16.0. The molecule has 0 amide bonds. The van der Waals surface area contributed by atoms with E-state index in [9.17, 15) is 4.79 Å². The van der Waals surface area contributed by atoms with Gasteiger partial charge in [0.25, 0.3) is 0 Å². The molecule has 4 nitrogen and oxygen atoms in total. The Morgan fingerprint density at radius 1 is 1.03 bits per heavy atom. The first-order valence-electron chi connectivity index (χ1n) is 12.5. The van der Waals surface area contributed by atoms with Crippen LogP contribution in [0.25, 0.3) is 0 Å². The van der Waals surface area contributed by atoms with E-state index in [-0.39, 0.29) is 0 Å². The molecule has 3 rings (SSSR count). The highest BCUT2D eigenvalue weighted by Gasteiger charge is 2.18. The Balaban J connectivity index is 1.39. The summed E-state index contributed by atoms with van der Waals surface area (Å²) in [6, 6.07) is 13.0. The third-order valence-corrected chi connectivity index (χ3v) is 7.37. The fourth-order valence-corrected chi connectivity index (χ4v) is 4.88. The lowest BCUT2D eigenvalue weighted by Crippen LogP contribution is -2.46. The van der Waals surface area contributed by atoms with Gasteiger partial charge >= 0.3 is 0 Å². The summed E-state index contributed by atoms with van der Waals surface area (Å²) >= 11 is 6.31. The van der Waals surface area contributed by atoms with Crippen LogP contribution in [0.5, 0.6) is 0 Å². The van der Waals surface area contributed by atoms with Crippen LogP contribution in [-0.2, 0) is 17.6 Å². The van der Waals surface area contributed by atoms with E-state index >= 15 is 0 Å². The van der Waals surface area contributed by atoms with E-state index < -0.39 is 0 Å². The first-order valence-corrected chi connectivity index (χ1v) is 12.9. The lowest BCUT2D eigenvalue weighted by molar-refractivity contribution is -0.107. The number of nitrogens with zero attached hydrogens (tertiary/aromatic N) is 3. The molecule has 0 saturated carbocycles. The first kappa shape index (κ1) is 25.6. The van der Waals surface area contributed by atoms with Crippen LogP contribution >= 0.6 is 11.6 Å².